The number of piperidine rings is 1. The van der Waals surface area contributed by atoms with Crippen molar-refractivity contribution in [3.63, 3.8) is 0 Å². The highest BCUT2D eigenvalue weighted by Gasteiger charge is 2.48. The van der Waals surface area contributed by atoms with Crippen molar-refractivity contribution in [3.8, 4) is 0 Å². The monoisotopic (exact) mass is 475 g/mol. The molecule has 7 nitrogen and oxygen atoms in total. The number of rotatable bonds is 6. The van der Waals surface area contributed by atoms with Crippen LogP contribution in [0, 0.1) is 0 Å². The second kappa shape index (κ2) is 9.03. The number of alkyl halides is 3. The lowest BCUT2D eigenvalue weighted by atomic mass is 9.81. The number of aromatic nitrogens is 2. The molecule has 1 saturated heterocycles. The first kappa shape index (κ1) is 23.7. The maximum absolute atomic E-state index is 13.6. The van der Waals surface area contributed by atoms with Crippen LogP contribution in [-0.2, 0) is 42.6 Å². The zero-order valence-corrected chi connectivity index (χ0v) is 18.6. The van der Waals surface area contributed by atoms with E-state index in [1.807, 2.05) is 13.1 Å². The van der Waals surface area contributed by atoms with E-state index < -0.39 is 29.4 Å². The number of fused-ring (bicyclic) bond motifs is 2. The summed E-state index contributed by atoms with van der Waals surface area (Å²) in [6.07, 6.45) is -0.282. The number of hydrogen-bond donors (Lipinski definition) is 3. The van der Waals surface area contributed by atoms with Gasteiger partial charge in [-0.3, -0.25) is 9.58 Å². The highest BCUT2D eigenvalue weighted by molar-refractivity contribution is 7.12. The molecule has 3 atom stereocenters. The Balaban J connectivity index is 1.51. The van der Waals surface area contributed by atoms with Gasteiger partial charge in [0.1, 0.15) is 10.5 Å². The predicted octanol–water partition coefficient (Wildman–Crippen LogP) is 2.26. The molecule has 0 aliphatic carbocycles. The van der Waals surface area contributed by atoms with Crippen molar-refractivity contribution in [2.75, 3.05) is 19.8 Å². The molecule has 0 saturated carbocycles. The Hall–Kier alpha value is -1.50. The number of hydrogen-bond acceptors (Lipinski definition) is 7. The number of aliphatic hydroxyl groups excluding tert-OH is 3. The Bertz CT molecular complexity index is 947. The van der Waals surface area contributed by atoms with Crippen LogP contribution in [0.15, 0.2) is 12.4 Å². The van der Waals surface area contributed by atoms with Gasteiger partial charge in [-0.25, -0.2) is 0 Å². The van der Waals surface area contributed by atoms with Gasteiger partial charge in [0.15, 0.2) is 0 Å². The lowest BCUT2D eigenvalue weighted by Gasteiger charge is -2.47. The molecule has 4 rings (SSSR count). The predicted molar refractivity (Wildman–Crippen MR) is 111 cm³/mol. The number of thiophene rings is 1. The molecule has 1 spiro atoms. The molecule has 2 aromatic heterocycles. The Kier molecular flexibility index (Phi) is 6.68. The minimum absolute atomic E-state index is 0.00717. The SMILES string of the molecule is C[C@H]1C[C@@]2(CCN1Cc1cnn(C[C@H](O)CO)c1)OCCc1c2sc(C(F)(F)F)c1CO. The van der Waals surface area contributed by atoms with Gasteiger partial charge in [0.25, 0.3) is 0 Å². The summed E-state index contributed by atoms with van der Waals surface area (Å²) in [5, 5.41) is 32.4. The van der Waals surface area contributed by atoms with Crippen LogP contribution in [0.4, 0.5) is 13.2 Å². The van der Waals surface area contributed by atoms with E-state index >= 15 is 0 Å². The van der Waals surface area contributed by atoms with Crippen LogP contribution in [0.1, 0.15) is 46.2 Å². The van der Waals surface area contributed by atoms with E-state index in [4.69, 9.17) is 9.84 Å². The molecule has 32 heavy (non-hydrogen) atoms. The van der Waals surface area contributed by atoms with E-state index in [0.29, 0.717) is 49.4 Å². The molecular weight excluding hydrogens is 447 g/mol. The third kappa shape index (κ3) is 4.46. The zero-order valence-electron chi connectivity index (χ0n) is 17.8. The van der Waals surface area contributed by atoms with Crippen molar-refractivity contribution in [3.05, 3.63) is 38.8 Å². The molecular formula is C21H28F3N3O4S. The van der Waals surface area contributed by atoms with E-state index in [1.54, 1.807) is 10.9 Å². The summed E-state index contributed by atoms with van der Waals surface area (Å²) in [5.41, 5.74) is 0.825. The average molecular weight is 476 g/mol. The van der Waals surface area contributed by atoms with Crippen molar-refractivity contribution in [1.29, 1.82) is 0 Å². The van der Waals surface area contributed by atoms with Gasteiger partial charge in [-0.15, -0.1) is 11.3 Å². The van der Waals surface area contributed by atoms with Crippen LogP contribution in [0.25, 0.3) is 0 Å². The first-order chi connectivity index (χ1) is 15.2. The van der Waals surface area contributed by atoms with Crippen LogP contribution in [0.2, 0.25) is 0 Å². The highest BCUT2D eigenvalue weighted by Crippen LogP contribution is 2.51. The van der Waals surface area contributed by atoms with Crippen molar-refractivity contribution < 1.29 is 33.2 Å². The van der Waals surface area contributed by atoms with Crippen molar-refractivity contribution in [1.82, 2.24) is 14.7 Å². The van der Waals surface area contributed by atoms with E-state index in [9.17, 15) is 23.4 Å². The van der Waals surface area contributed by atoms with E-state index in [0.717, 1.165) is 16.9 Å². The normalized spacial score (nSPS) is 25.3. The van der Waals surface area contributed by atoms with Gasteiger partial charge in [0.05, 0.1) is 38.7 Å². The standard InChI is InChI=1S/C21H28F3N3O4S/c1-13-6-20(3-4-26(13)8-14-7-25-27(9-14)10-15(30)11-28)18-16(2-5-31-20)17(12-29)19(32-18)21(22,23)24/h7,9,13,15,28-30H,2-6,8,10-12H2,1H3/t13-,15-,20+/m0/s1. The Morgan fingerprint density at radius 2 is 2.16 bits per heavy atom. The van der Waals surface area contributed by atoms with Gasteiger partial charge in [0, 0.05) is 41.3 Å². The molecule has 0 unspecified atom stereocenters. The molecule has 1 fully saturated rings. The number of nitrogens with zero attached hydrogens (tertiary/aromatic N) is 3. The number of halogens is 3. The lowest BCUT2D eigenvalue weighted by Crippen LogP contribution is -2.50. The molecule has 0 aromatic carbocycles. The van der Waals surface area contributed by atoms with Crippen molar-refractivity contribution in [2.45, 2.75) is 69.8 Å². The van der Waals surface area contributed by atoms with E-state index in [1.165, 1.54) is 0 Å². The molecule has 0 bridgehead atoms. The number of likely N-dealkylation sites (tertiary alicyclic amines) is 1. The van der Waals surface area contributed by atoms with Crippen LogP contribution < -0.4 is 0 Å². The van der Waals surface area contributed by atoms with Crippen molar-refractivity contribution in [2.24, 2.45) is 0 Å². The molecule has 2 aliphatic heterocycles. The van der Waals surface area contributed by atoms with Gasteiger partial charge >= 0.3 is 6.18 Å². The summed E-state index contributed by atoms with van der Waals surface area (Å²) in [6, 6.07) is 0.0649. The molecule has 178 valence electrons. The van der Waals surface area contributed by atoms with Crippen LogP contribution in [0.3, 0.4) is 0 Å². The van der Waals surface area contributed by atoms with E-state index in [2.05, 4.69) is 10.00 Å². The first-order valence-electron chi connectivity index (χ1n) is 10.7. The number of ether oxygens (including phenoxy) is 1. The topological polar surface area (TPSA) is 91.0 Å². The zero-order chi connectivity index (χ0) is 23.1. The fourth-order valence-electron chi connectivity index (χ4n) is 4.86. The van der Waals surface area contributed by atoms with Gasteiger partial charge in [-0.1, -0.05) is 0 Å². The number of aliphatic hydroxyl groups is 3. The third-order valence-electron chi connectivity index (χ3n) is 6.41. The molecule has 0 radical (unpaired) electrons. The molecule has 3 N–H and O–H groups in total. The van der Waals surface area contributed by atoms with Crippen molar-refractivity contribution >= 4 is 11.3 Å². The molecule has 4 heterocycles. The average Bonchev–Trinajstić information content (AvgIpc) is 3.35. The molecule has 2 aliphatic rings. The maximum Gasteiger partial charge on any atom is 0.425 e. The Labute approximate surface area is 188 Å². The van der Waals surface area contributed by atoms with Crippen LogP contribution in [0.5, 0.6) is 0 Å². The second-order valence-electron chi connectivity index (χ2n) is 8.65. The van der Waals surface area contributed by atoms with Gasteiger partial charge < -0.3 is 20.1 Å². The largest absolute Gasteiger partial charge is 0.425 e. The summed E-state index contributed by atoms with van der Waals surface area (Å²) >= 11 is 0.731. The van der Waals surface area contributed by atoms with Gasteiger partial charge in [-0.05, 0) is 31.7 Å². The Morgan fingerprint density at radius 1 is 1.38 bits per heavy atom. The summed E-state index contributed by atoms with van der Waals surface area (Å²) in [7, 11) is 0. The van der Waals surface area contributed by atoms with Crippen LogP contribution in [-0.4, -0.2) is 61.9 Å². The minimum Gasteiger partial charge on any atom is -0.394 e. The molecule has 2 aromatic rings. The smallest absolute Gasteiger partial charge is 0.394 e. The molecule has 0 amide bonds. The second-order valence-corrected chi connectivity index (χ2v) is 9.67. The highest BCUT2D eigenvalue weighted by atomic mass is 32.1. The van der Waals surface area contributed by atoms with Crippen LogP contribution >= 0.6 is 11.3 Å². The summed E-state index contributed by atoms with van der Waals surface area (Å²) in [4.78, 5) is 2.16. The Morgan fingerprint density at radius 3 is 2.81 bits per heavy atom. The third-order valence-corrected chi connectivity index (χ3v) is 7.91. The quantitative estimate of drug-likeness (QED) is 0.594. The fraction of sp³-hybridized carbons (Fsp3) is 0.667. The minimum atomic E-state index is -4.49. The first-order valence-corrected chi connectivity index (χ1v) is 11.5. The van der Waals surface area contributed by atoms with E-state index in [-0.39, 0.29) is 24.8 Å². The summed E-state index contributed by atoms with van der Waals surface area (Å²) in [5.74, 6) is 0. The van der Waals surface area contributed by atoms with Gasteiger partial charge in [-0.2, -0.15) is 18.3 Å². The lowest BCUT2D eigenvalue weighted by molar-refractivity contribution is -0.135. The fourth-order valence-corrected chi connectivity index (χ4v) is 6.27. The maximum atomic E-state index is 13.6. The summed E-state index contributed by atoms with van der Waals surface area (Å²) < 4.78 is 48.5. The molecule has 11 heteroatoms. The van der Waals surface area contributed by atoms with Gasteiger partial charge in [0.2, 0.25) is 0 Å². The summed E-state index contributed by atoms with van der Waals surface area (Å²) in [6.45, 7) is 2.92.